The van der Waals surface area contributed by atoms with Crippen molar-refractivity contribution >= 4 is 0 Å². The van der Waals surface area contributed by atoms with Crippen LogP contribution in [0.5, 0.6) is 0 Å². The average Bonchev–Trinajstić information content (AvgIpc) is 2.02. The average molecular weight is 181 g/mol. The van der Waals surface area contributed by atoms with Crippen LogP contribution in [0.1, 0.15) is 24.5 Å². The van der Waals surface area contributed by atoms with Crippen molar-refractivity contribution in [2.24, 2.45) is 5.73 Å². The van der Waals surface area contributed by atoms with E-state index in [2.05, 4.69) is 0 Å². The number of rotatable bonds is 3. The highest BCUT2D eigenvalue weighted by atomic mass is 19.1. The van der Waals surface area contributed by atoms with Gasteiger partial charge in [0.2, 0.25) is 0 Å². The first-order valence-electron chi connectivity index (χ1n) is 4.60. The van der Waals surface area contributed by atoms with Gasteiger partial charge in [-0.3, -0.25) is 0 Å². The Hall–Kier alpha value is -0.890. The lowest BCUT2D eigenvalue weighted by molar-refractivity contribution is 0.589. The molecule has 0 saturated carbocycles. The molecule has 0 saturated heterocycles. The Balaban J connectivity index is 2.67. The standard InChI is InChI=1S/C11H16FN/c1-8-3-5-10(11(12)7-8)6-4-9(2)13/h3,5,7,9H,4,6,13H2,1-2H3/t9-/m1/s1. The number of nitrogens with two attached hydrogens (primary N) is 1. The third-order valence-electron chi connectivity index (χ3n) is 2.08. The number of hydrogen-bond acceptors (Lipinski definition) is 1. The number of aryl methyl sites for hydroxylation is 2. The molecule has 1 nitrogen and oxygen atoms in total. The summed E-state index contributed by atoms with van der Waals surface area (Å²) in [4.78, 5) is 0. The molecule has 0 aliphatic heterocycles. The van der Waals surface area contributed by atoms with Gasteiger partial charge in [0.15, 0.2) is 0 Å². The van der Waals surface area contributed by atoms with Crippen LogP contribution >= 0.6 is 0 Å². The van der Waals surface area contributed by atoms with Gasteiger partial charge >= 0.3 is 0 Å². The van der Waals surface area contributed by atoms with Crippen molar-refractivity contribution < 1.29 is 4.39 Å². The van der Waals surface area contributed by atoms with Crippen molar-refractivity contribution in [1.29, 1.82) is 0 Å². The third kappa shape index (κ3) is 3.15. The fourth-order valence-corrected chi connectivity index (χ4v) is 1.24. The molecule has 1 rings (SSSR count). The lowest BCUT2D eigenvalue weighted by Gasteiger charge is -2.06. The minimum absolute atomic E-state index is 0.111. The van der Waals surface area contributed by atoms with E-state index in [-0.39, 0.29) is 11.9 Å². The second-order valence-electron chi connectivity index (χ2n) is 3.61. The minimum atomic E-state index is -0.111. The van der Waals surface area contributed by atoms with Gasteiger partial charge in [0.05, 0.1) is 0 Å². The molecular weight excluding hydrogens is 165 g/mol. The molecule has 0 aromatic heterocycles. The van der Waals surface area contributed by atoms with Gasteiger partial charge in [0, 0.05) is 6.04 Å². The molecule has 0 amide bonds. The number of benzene rings is 1. The van der Waals surface area contributed by atoms with E-state index in [1.807, 2.05) is 26.0 Å². The molecule has 1 aromatic rings. The van der Waals surface area contributed by atoms with Crippen molar-refractivity contribution in [3.63, 3.8) is 0 Å². The van der Waals surface area contributed by atoms with Crippen molar-refractivity contribution in [3.8, 4) is 0 Å². The molecule has 0 aliphatic carbocycles. The van der Waals surface area contributed by atoms with Gasteiger partial charge < -0.3 is 5.73 Å². The smallest absolute Gasteiger partial charge is 0.126 e. The van der Waals surface area contributed by atoms with Crippen LogP contribution in [-0.4, -0.2) is 6.04 Å². The zero-order chi connectivity index (χ0) is 9.84. The first-order valence-corrected chi connectivity index (χ1v) is 4.60. The topological polar surface area (TPSA) is 26.0 Å². The summed E-state index contributed by atoms with van der Waals surface area (Å²) in [5, 5.41) is 0. The van der Waals surface area contributed by atoms with Crippen LogP contribution in [0.15, 0.2) is 18.2 Å². The van der Waals surface area contributed by atoms with Crippen molar-refractivity contribution in [2.45, 2.75) is 32.7 Å². The first kappa shape index (κ1) is 10.2. The predicted molar refractivity (Wildman–Crippen MR) is 53.1 cm³/mol. The van der Waals surface area contributed by atoms with Gasteiger partial charge in [-0.05, 0) is 43.9 Å². The van der Waals surface area contributed by atoms with E-state index in [0.29, 0.717) is 0 Å². The van der Waals surface area contributed by atoms with Crippen LogP contribution in [0.3, 0.4) is 0 Å². The maximum atomic E-state index is 13.3. The largest absolute Gasteiger partial charge is 0.328 e. The van der Waals surface area contributed by atoms with Crippen LogP contribution in [-0.2, 0) is 6.42 Å². The van der Waals surface area contributed by atoms with Gasteiger partial charge in [0.1, 0.15) is 5.82 Å². The summed E-state index contributed by atoms with van der Waals surface area (Å²) in [6, 6.07) is 5.48. The summed E-state index contributed by atoms with van der Waals surface area (Å²) in [5.74, 6) is -0.111. The van der Waals surface area contributed by atoms with E-state index >= 15 is 0 Å². The highest BCUT2D eigenvalue weighted by Gasteiger charge is 2.03. The summed E-state index contributed by atoms with van der Waals surface area (Å²) in [6.07, 6.45) is 1.56. The predicted octanol–water partition coefficient (Wildman–Crippen LogP) is 2.41. The Bertz CT molecular complexity index is 281. The summed E-state index contributed by atoms with van der Waals surface area (Å²) >= 11 is 0. The fraction of sp³-hybridized carbons (Fsp3) is 0.455. The summed E-state index contributed by atoms with van der Waals surface area (Å²) < 4.78 is 13.3. The lowest BCUT2D eigenvalue weighted by atomic mass is 10.0. The molecule has 0 radical (unpaired) electrons. The Morgan fingerprint density at radius 3 is 2.69 bits per heavy atom. The van der Waals surface area contributed by atoms with Crippen LogP contribution < -0.4 is 5.73 Å². The minimum Gasteiger partial charge on any atom is -0.328 e. The SMILES string of the molecule is Cc1ccc(CC[C@@H](C)N)c(F)c1. The summed E-state index contributed by atoms with van der Waals surface area (Å²) in [7, 11) is 0. The van der Waals surface area contributed by atoms with E-state index in [0.717, 1.165) is 24.0 Å². The van der Waals surface area contributed by atoms with E-state index in [9.17, 15) is 4.39 Å². The second-order valence-corrected chi connectivity index (χ2v) is 3.61. The van der Waals surface area contributed by atoms with E-state index in [4.69, 9.17) is 5.73 Å². The molecule has 1 aromatic carbocycles. The van der Waals surface area contributed by atoms with E-state index in [1.165, 1.54) is 0 Å². The summed E-state index contributed by atoms with van der Waals surface area (Å²) in [5.41, 5.74) is 7.32. The monoisotopic (exact) mass is 181 g/mol. The first-order chi connectivity index (χ1) is 6.09. The van der Waals surface area contributed by atoms with Crippen LogP contribution in [0.2, 0.25) is 0 Å². The maximum Gasteiger partial charge on any atom is 0.126 e. The lowest BCUT2D eigenvalue weighted by Crippen LogP contribution is -2.15. The highest BCUT2D eigenvalue weighted by molar-refractivity contribution is 5.23. The Labute approximate surface area is 78.8 Å². The van der Waals surface area contributed by atoms with Gasteiger partial charge in [-0.25, -0.2) is 4.39 Å². The molecule has 0 unspecified atom stereocenters. The molecule has 72 valence electrons. The molecule has 13 heavy (non-hydrogen) atoms. The third-order valence-corrected chi connectivity index (χ3v) is 2.08. The normalized spacial score (nSPS) is 12.9. The molecule has 0 aliphatic rings. The molecule has 0 fully saturated rings. The quantitative estimate of drug-likeness (QED) is 0.761. The van der Waals surface area contributed by atoms with Crippen molar-refractivity contribution in [1.82, 2.24) is 0 Å². The fourth-order valence-electron chi connectivity index (χ4n) is 1.24. The Kier molecular flexibility index (Phi) is 3.43. The molecule has 2 heteroatoms. The number of halogens is 1. The molecule has 0 heterocycles. The maximum absolute atomic E-state index is 13.3. The highest BCUT2D eigenvalue weighted by Crippen LogP contribution is 2.12. The van der Waals surface area contributed by atoms with Crippen molar-refractivity contribution in [3.05, 3.63) is 35.1 Å². The van der Waals surface area contributed by atoms with Crippen LogP contribution in [0.25, 0.3) is 0 Å². The molecule has 0 bridgehead atoms. The van der Waals surface area contributed by atoms with Gasteiger partial charge in [0.25, 0.3) is 0 Å². The van der Waals surface area contributed by atoms with Crippen molar-refractivity contribution in [2.75, 3.05) is 0 Å². The van der Waals surface area contributed by atoms with E-state index < -0.39 is 0 Å². The Morgan fingerprint density at radius 2 is 2.15 bits per heavy atom. The second kappa shape index (κ2) is 4.38. The molecule has 0 spiro atoms. The van der Waals surface area contributed by atoms with Gasteiger partial charge in [-0.1, -0.05) is 12.1 Å². The molecule has 2 N–H and O–H groups in total. The molecule has 1 atom stereocenters. The summed E-state index contributed by atoms with van der Waals surface area (Å²) in [6.45, 7) is 3.82. The van der Waals surface area contributed by atoms with Gasteiger partial charge in [-0.2, -0.15) is 0 Å². The zero-order valence-electron chi connectivity index (χ0n) is 8.18. The zero-order valence-corrected chi connectivity index (χ0v) is 8.18. The number of hydrogen-bond donors (Lipinski definition) is 1. The van der Waals surface area contributed by atoms with E-state index in [1.54, 1.807) is 6.07 Å². The van der Waals surface area contributed by atoms with Gasteiger partial charge in [-0.15, -0.1) is 0 Å². The Morgan fingerprint density at radius 1 is 1.46 bits per heavy atom. The van der Waals surface area contributed by atoms with Crippen LogP contribution in [0, 0.1) is 12.7 Å². The molecular formula is C11H16FN. The van der Waals surface area contributed by atoms with Crippen LogP contribution in [0.4, 0.5) is 4.39 Å².